The summed E-state index contributed by atoms with van der Waals surface area (Å²) in [7, 11) is 1.64. The van der Waals surface area contributed by atoms with E-state index in [1.54, 1.807) is 24.1 Å². The lowest BCUT2D eigenvalue weighted by atomic mass is 10.2. The molecule has 0 radical (unpaired) electrons. The zero-order valence-corrected chi connectivity index (χ0v) is 13.4. The molecule has 1 saturated heterocycles. The van der Waals surface area contributed by atoms with Crippen molar-refractivity contribution in [3.8, 4) is 0 Å². The Kier molecular flexibility index (Phi) is 5.60. The zero-order valence-electron chi connectivity index (χ0n) is 11.0. The van der Waals surface area contributed by atoms with E-state index in [-0.39, 0.29) is 5.91 Å². The van der Waals surface area contributed by atoms with Gasteiger partial charge >= 0.3 is 0 Å². The van der Waals surface area contributed by atoms with Crippen LogP contribution in [-0.2, 0) is 9.53 Å². The SMILES string of the molecule is COCCCN1C(=O)C(=Cc2ccc(Cl)cc2)SC1=S. The highest BCUT2D eigenvalue weighted by atomic mass is 35.5. The molecular formula is C14H14ClNO2S2. The average Bonchev–Trinajstić information content (AvgIpc) is 2.69. The number of halogens is 1. The monoisotopic (exact) mass is 327 g/mol. The maximum atomic E-state index is 12.3. The van der Waals surface area contributed by atoms with E-state index in [9.17, 15) is 4.79 Å². The van der Waals surface area contributed by atoms with Crippen molar-refractivity contribution >= 4 is 51.9 Å². The Morgan fingerprint density at radius 3 is 2.75 bits per heavy atom. The van der Waals surface area contributed by atoms with E-state index in [0.717, 1.165) is 12.0 Å². The van der Waals surface area contributed by atoms with E-state index in [1.165, 1.54) is 11.8 Å². The molecule has 1 aliphatic rings. The molecule has 1 amide bonds. The number of hydrogen-bond acceptors (Lipinski definition) is 4. The van der Waals surface area contributed by atoms with E-state index < -0.39 is 0 Å². The third-order valence-corrected chi connectivity index (χ3v) is 4.40. The zero-order chi connectivity index (χ0) is 14.5. The number of rotatable bonds is 5. The molecule has 0 N–H and O–H groups in total. The van der Waals surface area contributed by atoms with Crippen molar-refractivity contribution in [2.24, 2.45) is 0 Å². The lowest BCUT2D eigenvalue weighted by Gasteiger charge is -2.13. The fourth-order valence-corrected chi connectivity index (χ4v) is 3.20. The van der Waals surface area contributed by atoms with Gasteiger partial charge in [0.25, 0.3) is 5.91 Å². The molecule has 6 heteroatoms. The third kappa shape index (κ3) is 3.82. The molecule has 1 aromatic carbocycles. The number of nitrogens with zero attached hydrogens (tertiary/aromatic N) is 1. The second-order valence-electron chi connectivity index (χ2n) is 4.23. The average molecular weight is 328 g/mol. The smallest absolute Gasteiger partial charge is 0.266 e. The standard InChI is InChI=1S/C14H14ClNO2S2/c1-18-8-2-7-16-13(17)12(20-14(16)19)9-10-3-5-11(15)6-4-10/h3-6,9H,2,7-8H2,1H3. The summed E-state index contributed by atoms with van der Waals surface area (Å²) < 4.78 is 5.59. The van der Waals surface area contributed by atoms with Gasteiger partial charge < -0.3 is 4.74 Å². The van der Waals surface area contributed by atoms with Gasteiger partial charge in [-0.05, 0) is 30.2 Å². The highest BCUT2D eigenvalue weighted by Gasteiger charge is 2.31. The minimum absolute atomic E-state index is 0.0361. The van der Waals surface area contributed by atoms with Gasteiger partial charge in [-0.3, -0.25) is 9.69 Å². The Balaban J connectivity index is 2.09. The second-order valence-corrected chi connectivity index (χ2v) is 6.34. The van der Waals surface area contributed by atoms with Crippen molar-refractivity contribution in [2.45, 2.75) is 6.42 Å². The van der Waals surface area contributed by atoms with E-state index in [2.05, 4.69) is 0 Å². The van der Waals surface area contributed by atoms with Crippen molar-refractivity contribution in [3.05, 3.63) is 39.8 Å². The summed E-state index contributed by atoms with van der Waals surface area (Å²) in [6.45, 7) is 1.21. The van der Waals surface area contributed by atoms with Crippen LogP contribution >= 0.6 is 35.6 Å². The molecule has 0 atom stereocenters. The number of thioether (sulfide) groups is 1. The molecule has 106 valence electrons. The van der Waals surface area contributed by atoms with Crippen molar-refractivity contribution < 1.29 is 9.53 Å². The maximum Gasteiger partial charge on any atom is 0.266 e. The van der Waals surface area contributed by atoms with Gasteiger partial charge in [0, 0.05) is 25.3 Å². The van der Waals surface area contributed by atoms with E-state index >= 15 is 0 Å². The maximum absolute atomic E-state index is 12.3. The van der Waals surface area contributed by atoms with E-state index in [0.29, 0.717) is 27.4 Å². The highest BCUT2D eigenvalue weighted by molar-refractivity contribution is 8.26. The molecule has 20 heavy (non-hydrogen) atoms. The molecule has 0 spiro atoms. The van der Waals surface area contributed by atoms with Crippen LogP contribution in [0.5, 0.6) is 0 Å². The number of hydrogen-bond donors (Lipinski definition) is 0. The van der Waals surface area contributed by atoms with Crippen LogP contribution in [0.3, 0.4) is 0 Å². The molecule has 0 bridgehead atoms. The first-order chi connectivity index (χ1) is 9.61. The van der Waals surface area contributed by atoms with Crippen LogP contribution in [0.15, 0.2) is 29.2 Å². The van der Waals surface area contributed by atoms with Crippen LogP contribution in [0.4, 0.5) is 0 Å². The van der Waals surface area contributed by atoms with Crippen LogP contribution in [0.25, 0.3) is 6.08 Å². The molecular weight excluding hydrogens is 314 g/mol. The summed E-state index contributed by atoms with van der Waals surface area (Å²) in [5, 5.41) is 0.675. The number of thiocarbonyl (C=S) groups is 1. The van der Waals surface area contributed by atoms with Crippen LogP contribution < -0.4 is 0 Å². The minimum atomic E-state index is -0.0361. The van der Waals surface area contributed by atoms with Gasteiger partial charge in [0.05, 0.1) is 4.91 Å². The minimum Gasteiger partial charge on any atom is -0.385 e. The fraction of sp³-hybridized carbons (Fsp3) is 0.286. The summed E-state index contributed by atoms with van der Waals surface area (Å²) in [5.41, 5.74) is 0.937. The first-order valence-corrected chi connectivity index (χ1v) is 7.72. The number of amides is 1. The lowest BCUT2D eigenvalue weighted by Crippen LogP contribution is -2.29. The Morgan fingerprint density at radius 2 is 2.10 bits per heavy atom. The van der Waals surface area contributed by atoms with Gasteiger partial charge in [-0.2, -0.15) is 0 Å². The van der Waals surface area contributed by atoms with Gasteiger partial charge in [0.1, 0.15) is 4.32 Å². The topological polar surface area (TPSA) is 29.5 Å². The molecule has 3 nitrogen and oxygen atoms in total. The van der Waals surface area contributed by atoms with Crippen LogP contribution in [0.2, 0.25) is 5.02 Å². The fourth-order valence-electron chi connectivity index (χ4n) is 1.77. The van der Waals surface area contributed by atoms with Gasteiger partial charge in [-0.25, -0.2) is 0 Å². The first-order valence-electron chi connectivity index (χ1n) is 6.11. The Bertz CT molecular complexity index is 543. The van der Waals surface area contributed by atoms with Crippen molar-refractivity contribution in [2.75, 3.05) is 20.3 Å². The summed E-state index contributed by atoms with van der Waals surface area (Å²) >= 11 is 12.4. The summed E-state index contributed by atoms with van der Waals surface area (Å²) in [4.78, 5) is 14.5. The Labute approximate surface area is 132 Å². The predicted molar refractivity (Wildman–Crippen MR) is 87.8 cm³/mol. The van der Waals surface area contributed by atoms with E-state index in [4.69, 9.17) is 28.6 Å². The number of carbonyl (C=O) groups excluding carboxylic acids is 1. The molecule has 1 aromatic rings. The van der Waals surface area contributed by atoms with Crippen LogP contribution in [0, 0.1) is 0 Å². The van der Waals surface area contributed by atoms with Gasteiger partial charge in [0.2, 0.25) is 0 Å². The van der Waals surface area contributed by atoms with Gasteiger partial charge in [-0.1, -0.05) is 47.7 Å². The van der Waals surface area contributed by atoms with Gasteiger partial charge in [-0.15, -0.1) is 0 Å². The number of methoxy groups -OCH3 is 1. The van der Waals surface area contributed by atoms with Gasteiger partial charge in [0.15, 0.2) is 0 Å². The molecule has 2 rings (SSSR count). The molecule has 0 aromatic heterocycles. The van der Waals surface area contributed by atoms with Crippen molar-refractivity contribution in [1.82, 2.24) is 4.90 Å². The highest BCUT2D eigenvalue weighted by Crippen LogP contribution is 2.32. The molecule has 1 heterocycles. The van der Waals surface area contributed by atoms with Crippen molar-refractivity contribution in [1.29, 1.82) is 0 Å². The molecule has 1 aliphatic heterocycles. The molecule has 1 fully saturated rings. The Hall–Kier alpha value is -0.880. The van der Waals surface area contributed by atoms with Crippen molar-refractivity contribution in [3.63, 3.8) is 0 Å². The number of ether oxygens (including phenoxy) is 1. The number of carbonyl (C=O) groups is 1. The summed E-state index contributed by atoms with van der Waals surface area (Å²) in [6, 6.07) is 7.35. The normalized spacial score (nSPS) is 17.3. The largest absolute Gasteiger partial charge is 0.385 e. The first kappa shape index (κ1) is 15.5. The summed E-state index contributed by atoms with van der Waals surface area (Å²) in [5.74, 6) is -0.0361. The number of benzene rings is 1. The van der Waals surface area contributed by atoms with E-state index in [1.807, 2.05) is 18.2 Å². The summed E-state index contributed by atoms with van der Waals surface area (Å²) in [6.07, 6.45) is 2.61. The quantitative estimate of drug-likeness (QED) is 0.470. The molecule has 0 aliphatic carbocycles. The van der Waals surface area contributed by atoms with Crippen LogP contribution in [0.1, 0.15) is 12.0 Å². The third-order valence-electron chi connectivity index (χ3n) is 2.77. The predicted octanol–water partition coefficient (Wildman–Crippen LogP) is 3.58. The lowest BCUT2D eigenvalue weighted by molar-refractivity contribution is -0.122. The second kappa shape index (κ2) is 7.22. The Morgan fingerprint density at radius 1 is 1.40 bits per heavy atom. The molecule has 0 saturated carbocycles. The van der Waals surface area contributed by atoms with Crippen LogP contribution in [-0.4, -0.2) is 35.4 Å². The molecule has 0 unspecified atom stereocenters.